The van der Waals surface area contributed by atoms with Gasteiger partial charge < -0.3 is 11.1 Å². The van der Waals surface area contributed by atoms with Crippen molar-refractivity contribution < 1.29 is 18.0 Å². The molecule has 2 aromatic rings. The molecule has 1 atom stereocenters. The normalized spacial score (nSPS) is 19.6. The average molecular weight is 417 g/mol. The van der Waals surface area contributed by atoms with Crippen molar-refractivity contribution in [2.45, 2.75) is 12.6 Å². The van der Waals surface area contributed by atoms with Crippen LogP contribution in [0, 0.1) is 5.92 Å². The van der Waals surface area contributed by atoms with Gasteiger partial charge in [0, 0.05) is 50.1 Å². The van der Waals surface area contributed by atoms with Crippen LogP contribution in [0.5, 0.6) is 0 Å². The summed E-state index contributed by atoms with van der Waals surface area (Å²) < 4.78 is 38.8. The van der Waals surface area contributed by atoms with Crippen molar-refractivity contribution in [2.24, 2.45) is 11.7 Å². The number of amides is 1. The van der Waals surface area contributed by atoms with Crippen molar-refractivity contribution >= 4 is 11.5 Å². The zero-order chi connectivity index (χ0) is 21.3. The predicted octanol–water partition coefficient (Wildman–Crippen LogP) is 2.25. The molecule has 0 spiro atoms. The second-order valence-corrected chi connectivity index (χ2v) is 7.42. The number of nitrogens with zero attached hydrogens (tertiary/aromatic N) is 3. The van der Waals surface area contributed by atoms with Crippen LogP contribution in [0.3, 0.4) is 0 Å². The van der Waals surface area contributed by atoms with E-state index in [2.05, 4.69) is 15.3 Å². The first kappa shape index (κ1) is 20.2. The molecule has 1 saturated heterocycles. The number of alkyl halides is 3. The van der Waals surface area contributed by atoms with Crippen LogP contribution in [0.2, 0.25) is 0 Å². The van der Waals surface area contributed by atoms with Crippen LogP contribution in [-0.2, 0) is 17.4 Å². The topological polar surface area (TPSA) is 74.5 Å². The Balaban J connectivity index is 1.58. The van der Waals surface area contributed by atoms with Gasteiger partial charge in [-0.3, -0.25) is 14.8 Å². The number of fused-ring (bicyclic) bond motifs is 1. The van der Waals surface area contributed by atoms with E-state index < -0.39 is 11.7 Å². The first-order valence-corrected chi connectivity index (χ1v) is 9.69. The number of nitrogens with one attached hydrogen (secondary N) is 1. The van der Waals surface area contributed by atoms with Crippen LogP contribution in [0.15, 0.2) is 54.5 Å². The summed E-state index contributed by atoms with van der Waals surface area (Å²) in [6.45, 7) is 2.01. The lowest BCUT2D eigenvalue weighted by Gasteiger charge is -2.38. The van der Waals surface area contributed by atoms with E-state index in [0.717, 1.165) is 29.2 Å². The summed E-state index contributed by atoms with van der Waals surface area (Å²) in [5.41, 5.74) is 7.39. The molecule has 0 saturated carbocycles. The van der Waals surface area contributed by atoms with E-state index in [9.17, 15) is 18.0 Å². The molecule has 4 rings (SSSR count). The maximum Gasteiger partial charge on any atom is 0.416 e. The first-order valence-electron chi connectivity index (χ1n) is 9.69. The van der Waals surface area contributed by atoms with Crippen LogP contribution in [0.1, 0.15) is 16.8 Å². The van der Waals surface area contributed by atoms with E-state index >= 15 is 0 Å². The van der Waals surface area contributed by atoms with E-state index in [1.165, 1.54) is 12.1 Å². The number of primary amides is 1. The molecule has 3 N–H and O–H groups in total. The van der Waals surface area contributed by atoms with Gasteiger partial charge in [-0.15, -0.1) is 0 Å². The number of hydrogen-bond acceptors (Lipinski definition) is 5. The van der Waals surface area contributed by atoms with Crippen LogP contribution >= 0.6 is 0 Å². The highest BCUT2D eigenvalue weighted by molar-refractivity contribution is 5.78. The minimum Gasteiger partial charge on any atom is -0.370 e. The van der Waals surface area contributed by atoms with Gasteiger partial charge in [-0.05, 0) is 29.8 Å². The molecule has 1 amide bonds. The zero-order valence-corrected chi connectivity index (χ0v) is 16.2. The molecule has 1 aromatic carbocycles. The summed E-state index contributed by atoms with van der Waals surface area (Å²) in [6.07, 6.45) is -1.93. The van der Waals surface area contributed by atoms with E-state index in [4.69, 9.17) is 5.73 Å². The highest BCUT2D eigenvalue weighted by Gasteiger charge is 2.37. The Labute approximate surface area is 172 Å². The third-order valence-corrected chi connectivity index (χ3v) is 5.45. The van der Waals surface area contributed by atoms with E-state index in [0.29, 0.717) is 38.2 Å². The number of benzene rings is 1. The average Bonchev–Trinajstić information content (AvgIpc) is 3.10. The lowest BCUT2D eigenvalue weighted by Crippen LogP contribution is -2.53. The first-order chi connectivity index (χ1) is 14.3. The lowest BCUT2D eigenvalue weighted by atomic mass is 10.0. The van der Waals surface area contributed by atoms with Crippen LogP contribution in [0.4, 0.5) is 13.2 Å². The van der Waals surface area contributed by atoms with Gasteiger partial charge in [0.15, 0.2) is 0 Å². The monoisotopic (exact) mass is 417 g/mol. The number of rotatable bonds is 5. The Kier molecular flexibility index (Phi) is 5.38. The highest BCUT2D eigenvalue weighted by Crippen LogP contribution is 2.34. The third kappa shape index (κ3) is 4.11. The molecule has 2 aliphatic rings. The maximum atomic E-state index is 12.9. The molecule has 3 heterocycles. The van der Waals surface area contributed by atoms with Crippen LogP contribution in [-0.4, -0.2) is 47.1 Å². The number of hydrazine groups is 1. The van der Waals surface area contributed by atoms with Gasteiger partial charge in [-0.2, -0.15) is 13.2 Å². The summed E-state index contributed by atoms with van der Waals surface area (Å²) >= 11 is 0. The molecular weight excluding hydrogens is 395 g/mol. The predicted molar refractivity (Wildman–Crippen MR) is 105 cm³/mol. The Morgan fingerprint density at radius 1 is 1.20 bits per heavy atom. The van der Waals surface area contributed by atoms with Crippen molar-refractivity contribution in [3.63, 3.8) is 0 Å². The molecule has 158 valence electrons. The van der Waals surface area contributed by atoms with Crippen LogP contribution in [0.25, 0.3) is 5.57 Å². The van der Waals surface area contributed by atoms with Crippen molar-refractivity contribution in [2.75, 3.05) is 26.2 Å². The number of carbonyl (C=O) groups is 1. The second-order valence-electron chi connectivity index (χ2n) is 7.42. The minimum absolute atomic E-state index is 0.349. The smallest absolute Gasteiger partial charge is 0.370 e. The fourth-order valence-electron chi connectivity index (χ4n) is 3.81. The standard InChI is InChI=1S/C21H22F3N5O/c22-21(23,24)16-6-4-14(5-7-16)18-13-28(10-8-17-3-1-2-9-26-17)29-12-15(19(25)30)11-27-20(18)29/h1-7,9,15,27H,8,10-13H2,(H2,25,30). The fraction of sp³-hybridized carbons (Fsp3) is 0.333. The van der Waals surface area contributed by atoms with Gasteiger partial charge in [0.1, 0.15) is 5.82 Å². The van der Waals surface area contributed by atoms with Gasteiger partial charge in [0.05, 0.1) is 11.5 Å². The SMILES string of the molecule is NC(=O)C1CNC2=C(c3ccc(C(F)(F)F)cc3)CN(CCc3ccccn3)N2C1. The Hall–Kier alpha value is -3.07. The lowest BCUT2D eigenvalue weighted by molar-refractivity contribution is -0.137. The largest absolute Gasteiger partial charge is 0.416 e. The number of pyridine rings is 1. The van der Waals surface area contributed by atoms with Crippen LogP contribution < -0.4 is 11.1 Å². The molecule has 1 fully saturated rings. The molecule has 0 aliphatic carbocycles. The fourth-order valence-corrected chi connectivity index (χ4v) is 3.81. The number of carbonyl (C=O) groups excluding carboxylic acids is 1. The Morgan fingerprint density at radius 3 is 2.60 bits per heavy atom. The molecular formula is C21H22F3N5O. The van der Waals surface area contributed by atoms with E-state index in [1.54, 1.807) is 6.20 Å². The van der Waals surface area contributed by atoms with E-state index in [-0.39, 0.29) is 11.8 Å². The summed E-state index contributed by atoms with van der Waals surface area (Å²) in [4.78, 5) is 16.1. The molecule has 1 unspecified atom stereocenters. The Bertz CT molecular complexity index is 943. The van der Waals surface area contributed by atoms with E-state index in [1.807, 2.05) is 23.2 Å². The second kappa shape index (κ2) is 7.98. The van der Waals surface area contributed by atoms with Gasteiger partial charge in [0.2, 0.25) is 5.91 Å². The van der Waals surface area contributed by atoms with Gasteiger partial charge in [0.25, 0.3) is 0 Å². The van der Waals surface area contributed by atoms with Crippen molar-refractivity contribution in [1.29, 1.82) is 0 Å². The van der Waals surface area contributed by atoms with Gasteiger partial charge in [-0.25, -0.2) is 5.01 Å². The summed E-state index contributed by atoms with van der Waals surface area (Å²) in [6, 6.07) is 10.9. The minimum atomic E-state index is -4.37. The number of nitrogens with two attached hydrogens (primary N) is 1. The van der Waals surface area contributed by atoms with Crippen molar-refractivity contribution in [3.8, 4) is 0 Å². The number of hydrogen-bond donors (Lipinski definition) is 2. The molecule has 6 nitrogen and oxygen atoms in total. The van der Waals surface area contributed by atoms with Crippen molar-refractivity contribution in [1.82, 2.24) is 20.3 Å². The summed E-state index contributed by atoms with van der Waals surface area (Å²) in [7, 11) is 0. The number of halogens is 3. The molecule has 0 bridgehead atoms. The molecule has 2 aliphatic heterocycles. The summed E-state index contributed by atoms with van der Waals surface area (Å²) in [5.74, 6) is 0.0838. The van der Waals surface area contributed by atoms with Crippen molar-refractivity contribution in [3.05, 3.63) is 71.3 Å². The Morgan fingerprint density at radius 2 is 1.97 bits per heavy atom. The third-order valence-electron chi connectivity index (χ3n) is 5.45. The summed E-state index contributed by atoms with van der Waals surface area (Å²) in [5, 5.41) is 7.32. The maximum absolute atomic E-state index is 12.9. The number of aromatic nitrogens is 1. The molecule has 0 radical (unpaired) electrons. The molecule has 1 aromatic heterocycles. The zero-order valence-electron chi connectivity index (χ0n) is 16.2. The molecule has 9 heteroatoms. The quantitative estimate of drug-likeness (QED) is 0.781. The van der Waals surface area contributed by atoms with Gasteiger partial charge >= 0.3 is 6.18 Å². The van der Waals surface area contributed by atoms with Gasteiger partial charge in [-0.1, -0.05) is 18.2 Å². The highest BCUT2D eigenvalue weighted by atomic mass is 19.4. The molecule has 30 heavy (non-hydrogen) atoms.